The summed E-state index contributed by atoms with van der Waals surface area (Å²) in [5.74, 6) is -0.216. The van der Waals surface area contributed by atoms with Gasteiger partial charge in [0, 0.05) is 31.4 Å². The summed E-state index contributed by atoms with van der Waals surface area (Å²) in [6.07, 6.45) is 3.78. The second kappa shape index (κ2) is 5.64. The highest BCUT2D eigenvalue weighted by molar-refractivity contribution is 5.95. The maximum absolute atomic E-state index is 11.6. The van der Waals surface area contributed by atoms with E-state index >= 15 is 0 Å². The minimum absolute atomic E-state index is 0.366. The minimum Gasteiger partial charge on any atom is -0.478 e. The van der Waals surface area contributed by atoms with E-state index in [0.717, 1.165) is 30.9 Å². The zero-order chi connectivity index (χ0) is 15.0. The van der Waals surface area contributed by atoms with Crippen molar-refractivity contribution >= 4 is 11.8 Å². The molecule has 0 aliphatic carbocycles. The Balaban J connectivity index is 1.91. The van der Waals surface area contributed by atoms with Gasteiger partial charge in [0.15, 0.2) is 0 Å². The Kier molecular flexibility index (Phi) is 3.85. The number of hydrogen-bond acceptors (Lipinski definition) is 4. The molecule has 2 aliphatic rings. The Morgan fingerprint density at radius 1 is 1.29 bits per heavy atom. The van der Waals surface area contributed by atoms with Gasteiger partial charge in [-0.25, -0.2) is 9.78 Å². The third-order valence-electron chi connectivity index (χ3n) is 4.68. The van der Waals surface area contributed by atoms with Crippen LogP contribution in [0.4, 0.5) is 5.82 Å². The molecule has 21 heavy (non-hydrogen) atoms. The van der Waals surface area contributed by atoms with Crippen molar-refractivity contribution < 1.29 is 9.90 Å². The number of rotatable bonds is 2. The molecule has 3 heterocycles. The van der Waals surface area contributed by atoms with Crippen molar-refractivity contribution in [3.8, 4) is 0 Å². The predicted octanol–water partition coefficient (Wildman–Crippen LogP) is 2.07. The van der Waals surface area contributed by atoms with Crippen LogP contribution in [0, 0.1) is 13.8 Å². The van der Waals surface area contributed by atoms with Gasteiger partial charge in [0.2, 0.25) is 0 Å². The first-order chi connectivity index (χ1) is 10.1. The topological polar surface area (TPSA) is 56.7 Å². The van der Waals surface area contributed by atoms with E-state index in [1.807, 2.05) is 19.9 Å². The van der Waals surface area contributed by atoms with Crippen molar-refractivity contribution in [1.82, 2.24) is 9.88 Å². The number of hydrogen-bond donors (Lipinski definition) is 1. The molecule has 114 valence electrons. The number of carboxylic acids is 1. The Morgan fingerprint density at radius 2 is 2.10 bits per heavy atom. The Bertz CT molecular complexity index is 559. The number of anilines is 1. The van der Waals surface area contributed by atoms with E-state index in [9.17, 15) is 9.90 Å². The summed E-state index contributed by atoms with van der Waals surface area (Å²) in [6, 6.07) is 2.40. The zero-order valence-electron chi connectivity index (χ0n) is 12.8. The van der Waals surface area contributed by atoms with Crippen LogP contribution in [0.2, 0.25) is 0 Å². The van der Waals surface area contributed by atoms with Gasteiger partial charge in [0.05, 0.1) is 0 Å². The van der Waals surface area contributed by atoms with Crippen molar-refractivity contribution in [3.05, 3.63) is 22.9 Å². The van der Waals surface area contributed by atoms with E-state index in [1.54, 1.807) is 0 Å². The highest BCUT2D eigenvalue weighted by Crippen LogP contribution is 2.28. The van der Waals surface area contributed by atoms with E-state index in [4.69, 9.17) is 0 Å². The average Bonchev–Trinajstić information content (AvgIpc) is 2.45. The number of fused-ring (bicyclic) bond motifs is 1. The van der Waals surface area contributed by atoms with Crippen molar-refractivity contribution in [2.75, 3.05) is 31.1 Å². The maximum Gasteiger partial charge on any atom is 0.339 e. The van der Waals surface area contributed by atoms with Crippen molar-refractivity contribution in [2.24, 2.45) is 0 Å². The quantitative estimate of drug-likeness (QED) is 0.903. The van der Waals surface area contributed by atoms with Gasteiger partial charge in [0.25, 0.3) is 0 Å². The number of nitrogens with zero attached hydrogens (tertiary/aromatic N) is 3. The summed E-state index contributed by atoms with van der Waals surface area (Å²) < 4.78 is 0. The Hall–Kier alpha value is -1.62. The molecule has 5 heteroatoms. The van der Waals surface area contributed by atoms with Gasteiger partial charge in [-0.15, -0.1) is 0 Å². The molecule has 1 aromatic heterocycles. The first kappa shape index (κ1) is 14.3. The molecule has 0 saturated carbocycles. The lowest BCUT2D eigenvalue weighted by Crippen LogP contribution is -2.55. The molecule has 0 aromatic carbocycles. The highest BCUT2D eigenvalue weighted by Gasteiger charge is 2.31. The van der Waals surface area contributed by atoms with Crippen LogP contribution in [0.3, 0.4) is 0 Å². The number of piperazine rings is 1. The smallest absolute Gasteiger partial charge is 0.339 e. The highest BCUT2D eigenvalue weighted by atomic mass is 16.4. The van der Waals surface area contributed by atoms with Gasteiger partial charge in [-0.05, 0) is 44.9 Å². The zero-order valence-corrected chi connectivity index (χ0v) is 12.8. The molecule has 1 aromatic rings. The third-order valence-corrected chi connectivity index (χ3v) is 4.68. The molecule has 0 spiro atoms. The number of aryl methyl sites for hydroxylation is 2. The molecule has 0 amide bonds. The van der Waals surface area contributed by atoms with Crippen LogP contribution in [0.15, 0.2) is 6.07 Å². The summed E-state index contributed by atoms with van der Waals surface area (Å²) in [6.45, 7) is 7.75. The third kappa shape index (κ3) is 2.75. The van der Waals surface area contributed by atoms with Crippen LogP contribution in [-0.4, -0.2) is 53.2 Å². The van der Waals surface area contributed by atoms with E-state index in [-0.39, 0.29) is 0 Å². The van der Waals surface area contributed by atoms with Gasteiger partial charge in [-0.1, -0.05) is 6.42 Å². The van der Waals surface area contributed by atoms with Crippen molar-refractivity contribution in [2.45, 2.75) is 39.2 Å². The summed E-state index contributed by atoms with van der Waals surface area (Å²) in [5.41, 5.74) is 2.06. The molecule has 5 nitrogen and oxygen atoms in total. The first-order valence-corrected chi connectivity index (χ1v) is 7.77. The van der Waals surface area contributed by atoms with Crippen LogP contribution in [0.5, 0.6) is 0 Å². The number of carboxylic acid groups (broad SMARTS) is 1. The minimum atomic E-state index is -0.874. The van der Waals surface area contributed by atoms with Gasteiger partial charge in [0.1, 0.15) is 11.4 Å². The van der Waals surface area contributed by atoms with Gasteiger partial charge in [-0.2, -0.15) is 0 Å². The number of piperidine rings is 1. The van der Waals surface area contributed by atoms with Crippen LogP contribution < -0.4 is 4.90 Å². The molecular weight excluding hydrogens is 266 g/mol. The molecule has 2 saturated heterocycles. The molecule has 0 bridgehead atoms. The number of aromatic carboxylic acids is 1. The SMILES string of the molecule is Cc1cc(C)c(C(=O)O)c(N2CCN3CCCCC3C2)n1. The monoisotopic (exact) mass is 289 g/mol. The van der Waals surface area contributed by atoms with Gasteiger partial charge >= 0.3 is 5.97 Å². The second-order valence-electron chi connectivity index (χ2n) is 6.22. The van der Waals surface area contributed by atoms with Gasteiger partial charge < -0.3 is 10.0 Å². The second-order valence-corrected chi connectivity index (χ2v) is 6.22. The molecule has 1 atom stereocenters. The van der Waals surface area contributed by atoms with Crippen LogP contribution >= 0.6 is 0 Å². The lowest BCUT2D eigenvalue weighted by molar-refractivity contribution is 0.0695. The number of pyridine rings is 1. The molecule has 2 aliphatic heterocycles. The fourth-order valence-corrected chi connectivity index (χ4v) is 3.66. The predicted molar refractivity (Wildman–Crippen MR) is 82.1 cm³/mol. The average molecular weight is 289 g/mol. The van der Waals surface area contributed by atoms with Gasteiger partial charge in [-0.3, -0.25) is 4.90 Å². The van der Waals surface area contributed by atoms with Crippen LogP contribution in [0.25, 0.3) is 0 Å². The number of carbonyl (C=O) groups is 1. The normalized spacial score (nSPS) is 23.0. The first-order valence-electron chi connectivity index (χ1n) is 7.77. The van der Waals surface area contributed by atoms with Crippen molar-refractivity contribution in [1.29, 1.82) is 0 Å². The summed E-state index contributed by atoms with van der Waals surface area (Å²) in [4.78, 5) is 20.9. The fourth-order valence-electron chi connectivity index (χ4n) is 3.66. The van der Waals surface area contributed by atoms with Crippen LogP contribution in [-0.2, 0) is 0 Å². The summed E-state index contributed by atoms with van der Waals surface area (Å²) in [7, 11) is 0. The Labute approximate surface area is 125 Å². The molecular formula is C16H23N3O2. The molecule has 1 unspecified atom stereocenters. The number of aromatic nitrogens is 1. The maximum atomic E-state index is 11.6. The van der Waals surface area contributed by atoms with E-state index in [1.165, 1.54) is 25.8 Å². The summed E-state index contributed by atoms with van der Waals surface area (Å²) in [5, 5.41) is 9.52. The fraction of sp³-hybridized carbons (Fsp3) is 0.625. The standard InChI is InChI=1S/C16H23N3O2/c1-11-9-12(2)17-15(14(11)16(20)21)19-8-7-18-6-4-3-5-13(18)10-19/h9,13H,3-8,10H2,1-2H3,(H,20,21). The lowest BCUT2D eigenvalue weighted by atomic mass is 9.99. The van der Waals surface area contributed by atoms with E-state index in [0.29, 0.717) is 17.4 Å². The molecule has 2 fully saturated rings. The van der Waals surface area contributed by atoms with E-state index < -0.39 is 5.97 Å². The van der Waals surface area contributed by atoms with Crippen LogP contribution in [0.1, 0.15) is 40.9 Å². The summed E-state index contributed by atoms with van der Waals surface area (Å²) >= 11 is 0. The van der Waals surface area contributed by atoms with Crippen molar-refractivity contribution in [3.63, 3.8) is 0 Å². The molecule has 1 N–H and O–H groups in total. The molecule has 3 rings (SSSR count). The molecule has 0 radical (unpaired) electrons. The Morgan fingerprint density at radius 3 is 2.86 bits per heavy atom. The largest absolute Gasteiger partial charge is 0.478 e. The van der Waals surface area contributed by atoms with E-state index in [2.05, 4.69) is 14.8 Å². The lowest BCUT2D eigenvalue weighted by Gasteiger charge is -2.44.